The third-order valence-corrected chi connectivity index (χ3v) is 3.39. The number of halogens is 4. The topological polar surface area (TPSA) is 54.4 Å². The van der Waals surface area contributed by atoms with Crippen molar-refractivity contribution in [3.63, 3.8) is 0 Å². The minimum absolute atomic E-state index is 0.142. The van der Waals surface area contributed by atoms with Crippen LogP contribution in [0.1, 0.15) is 17.2 Å². The monoisotopic (exact) mass is 302 g/mol. The summed E-state index contributed by atoms with van der Waals surface area (Å²) in [6.45, 7) is 0. The fraction of sp³-hybridized carbons (Fsp3) is 0.400. The summed E-state index contributed by atoms with van der Waals surface area (Å²) in [6.07, 6.45) is -5.28. The maximum Gasteiger partial charge on any atom is 0.417 e. The molecule has 1 aromatic rings. The molecule has 0 spiro atoms. The lowest BCUT2D eigenvalue weighted by atomic mass is 10.1. The molecule has 1 aromatic carbocycles. The van der Waals surface area contributed by atoms with Gasteiger partial charge in [0.25, 0.3) is 0 Å². The van der Waals surface area contributed by atoms with E-state index < -0.39 is 38.5 Å². The predicted molar refractivity (Wildman–Crippen MR) is 61.1 cm³/mol. The fourth-order valence-corrected chi connectivity index (χ4v) is 2.34. The van der Waals surface area contributed by atoms with Crippen LogP contribution in [0.5, 0.6) is 0 Å². The molecular formula is C10H10ClF3O3S. The molecule has 0 aliphatic heterocycles. The average Bonchev–Trinajstić information content (AvgIpc) is 2.13. The van der Waals surface area contributed by atoms with Crippen molar-refractivity contribution in [3.8, 4) is 0 Å². The van der Waals surface area contributed by atoms with Gasteiger partial charge in [0.05, 0.1) is 22.4 Å². The SMILES string of the molecule is CS(=O)(=O)CC(O)c1ccc(Cl)c(C(F)(F)F)c1. The number of rotatable bonds is 3. The molecule has 0 saturated carbocycles. The summed E-state index contributed by atoms with van der Waals surface area (Å²) in [4.78, 5) is 0. The lowest BCUT2D eigenvalue weighted by molar-refractivity contribution is -0.137. The molecule has 8 heteroatoms. The number of aliphatic hydroxyl groups excluding tert-OH is 1. The summed E-state index contributed by atoms with van der Waals surface area (Å²) >= 11 is 5.40. The van der Waals surface area contributed by atoms with Crippen molar-refractivity contribution in [1.82, 2.24) is 0 Å². The molecule has 3 nitrogen and oxygen atoms in total. The molecule has 18 heavy (non-hydrogen) atoms. The number of benzene rings is 1. The van der Waals surface area contributed by atoms with E-state index in [9.17, 15) is 26.7 Å². The Balaban J connectivity index is 3.13. The molecule has 0 fully saturated rings. The molecule has 0 bridgehead atoms. The first-order valence-electron chi connectivity index (χ1n) is 4.73. The summed E-state index contributed by atoms with van der Waals surface area (Å²) in [7, 11) is -3.49. The van der Waals surface area contributed by atoms with Crippen LogP contribution in [0.2, 0.25) is 5.02 Å². The minimum atomic E-state index is -4.65. The van der Waals surface area contributed by atoms with Gasteiger partial charge in [0, 0.05) is 6.26 Å². The molecule has 0 saturated heterocycles. The number of aliphatic hydroxyl groups is 1. The van der Waals surface area contributed by atoms with E-state index in [-0.39, 0.29) is 5.56 Å². The fourth-order valence-electron chi connectivity index (χ4n) is 1.35. The van der Waals surface area contributed by atoms with Crippen molar-refractivity contribution in [2.45, 2.75) is 12.3 Å². The van der Waals surface area contributed by atoms with Crippen LogP contribution in [-0.4, -0.2) is 25.5 Å². The van der Waals surface area contributed by atoms with Gasteiger partial charge in [-0.1, -0.05) is 17.7 Å². The molecule has 102 valence electrons. The van der Waals surface area contributed by atoms with Gasteiger partial charge < -0.3 is 5.11 Å². The van der Waals surface area contributed by atoms with Crippen LogP contribution in [0.4, 0.5) is 13.2 Å². The number of alkyl halides is 3. The van der Waals surface area contributed by atoms with E-state index >= 15 is 0 Å². The molecular weight excluding hydrogens is 293 g/mol. The Kier molecular flexibility index (Phi) is 4.30. The predicted octanol–water partition coefficient (Wildman–Crippen LogP) is 2.44. The lowest BCUT2D eigenvalue weighted by Gasteiger charge is -2.14. The van der Waals surface area contributed by atoms with Gasteiger partial charge in [-0.15, -0.1) is 0 Å². The Morgan fingerprint density at radius 2 is 1.94 bits per heavy atom. The molecule has 0 aromatic heterocycles. The first-order chi connectivity index (χ1) is 8.00. The van der Waals surface area contributed by atoms with Gasteiger partial charge in [-0.25, -0.2) is 8.42 Å². The van der Waals surface area contributed by atoms with Gasteiger partial charge in [0.1, 0.15) is 9.84 Å². The standard InChI is InChI=1S/C10H10ClF3O3S/c1-18(16,17)5-9(15)6-2-3-8(11)7(4-6)10(12,13)14/h2-4,9,15H,5H2,1H3. The highest BCUT2D eigenvalue weighted by Gasteiger charge is 2.34. The van der Waals surface area contributed by atoms with E-state index in [0.29, 0.717) is 6.07 Å². The van der Waals surface area contributed by atoms with Crippen LogP contribution in [0.3, 0.4) is 0 Å². The number of sulfone groups is 1. The van der Waals surface area contributed by atoms with Gasteiger partial charge in [-0.2, -0.15) is 13.2 Å². The number of hydrogen-bond donors (Lipinski definition) is 1. The lowest BCUT2D eigenvalue weighted by Crippen LogP contribution is -2.14. The van der Waals surface area contributed by atoms with E-state index in [0.717, 1.165) is 18.4 Å². The van der Waals surface area contributed by atoms with E-state index in [1.807, 2.05) is 0 Å². The zero-order chi connectivity index (χ0) is 14.1. The quantitative estimate of drug-likeness (QED) is 0.933. The smallest absolute Gasteiger partial charge is 0.387 e. The third kappa shape index (κ3) is 4.15. The van der Waals surface area contributed by atoms with E-state index in [4.69, 9.17) is 11.6 Å². The molecule has 1 N–H and O–H groups in total. The summed E-state index contributed by atoms with van der Waals surface area (Å²) in [5.41, 5.74) is -1.24. The second-order valence-electron chi connectivity index (χ2n) is 3.85. The first kappa shape index (κ1) is 15.3. The Bertz CT molecular complexity index is 540. The van der Waals surface area contributed by atoms with Crippen LogP contribution in [0, 0.1) is 0 Å². The molecule has 0 amide bonds. The zero-order valence-corrected chi connectivity index (χ0v) is 10.8. The summed E-state index contributed by atoms with van der Waals surface area (Å²) in [5, 5.41) is 9.05. The molecule has 0 heterocycles. The second-order valence-corrected chi connectivity index (χ2v) is 6.44. The molecule has 1 rings (SSSR count). The Morgan fingerprint density at radius 1 is 1.39 bits per heavy atom. The van der Waals surface area contributed by atoms with Gasteiger partial charge in [0.15, 0.2) is 0 Å². The van der Waals surface area contributed by atoms with Crippen molar-refractivity contribution in [3.05, 3.63) is 34.3 Å². The molecule has 1 unspecified atom stereocenters. The van der Waals surface area contributed by atoms with Crippen LogP contribution < -0.4 is 0 Å². The highest BCUT2D eigenvalue weighted by atomic mass is 35.5. The Labute approximate surface area is 107 Å². The van der Waals surface area contributed by atoms with Crippen LogP contribution in [0.15, 0.2) is 18.2 Å². The van der Waals surface area contributed by atoms with Crippen LogP contribution in [-0.2, 0) is 16.0 Å². The Hall–Kier alpha value is -0.790. The van der Waals surface area contributed by atoms with Crippen LogP contribution in [0.25, 0.3) is 0 Å². The molecule has 0 aliphatic carbocycles. The molecule has 0 aliphatic rings. The van der Waals surface area contributed by atoms with Crippen LogP contribution >= 0.6 is 11.6 Å². The van der Waals surface area contributed by atoms with Crippen molar-refractivity contribution in [1.29, 1.82) is 0 Å². The van der Waals surface area contributed by atoms with E-state index in [2.05, 4.69) is 0 Å². The normalized spacial score (nSPS) is 14.6. The first-order valence-corrected chi connectivity index (χ1v) is 7.17. The Morgan fingerprint density at radius 3 is 2.39 bits per heavy atom. The molecule has 0 radical (unpaired) electrons. The van der Waals surface area contributed by atoms with Crippen molar-refractivity contribution in [2.24, 2.45) is 0 Å². The van der Waals surface area contributed by atoms with Gasteiger partial charge in [-0.3, -0.25) is 0 Å². The second kappa shape index (κ2) is 5.07. The summed E-state index contributed by atoms with van der Waals surface area (Å²) < 4.78 is 59.5. The highest BCUT2D eigenvalue weighted by molar-refractivity contribution is 7.90. The maximum atomic E-state index is 12.5. The van der Waals surface area contributed by atoms with Gasteiger partial charge in [-0.05, 0) is 17.7 Å². The van der Waals surface area contributed by atoms with E-state index in [1.165, 1.54) is 0 Å². The van der Waals surface area contributed by atoms with Crippen molar-refractivity contribution >= 4 is 21.4 Å². The van der Waals surface area contributed by atoms with Crippen molar-refractivity contribution < 1.29 is 26.7 Å². The minimum Gasteiger partial charge on any atom is -0.387 e. The summed E-state index contributed by atoms with van der Waals surface area (Å²) in [5.74, 6) is -0.647. The average molecular weight is 303 g/mol. The zero-order valence-electron chi connectivity index (χ0n) is 9.20. The van der Waals surface area contributed by atoms with E-state index in [1.54, 1.807) is 0 Å². The maximum absolute atomic E-state index is 12.5. The number of hydrogen-bond acceptors (Lipinski definition) is 3. The van der Waals surface area contributed by atoms with Gasteiger partial charge in [0.2, 0.25) is 0 Å². The largest absolute Gasteiger partial charge is 0.417 e. The highest BCUT2D eigenvalue weighted by Crippen LogP contribution is 2.36. The molecule has 1 atom stereocenters. The van der Waals surface area contributed by atoms with Crippen molar-refractivity contribution in [2.75, 3.05) is 12.0 Å². The summed E-state index contributed by atoms with van der Waals surface area (Å²) in [6, 6.07) is 2.79. The van der Waals surface area contributed by atoms with Gasteiger partial charge >= 0.3 is 6.18 Å². The third-order valence-electron chi connectivity index (χ3n) is 2.14.